The molecule has 0 saturated carbocycles. The van der Waals surface area contributed by atoms with Gasteiger partial charge in [0.15, 0.2) is 0 Å². The van der Waals surface area contributed by atoms with Crippen LogP contribution in [0.2, 0.25) is 0 Å². The monoisotopic (exact) mass is 386 g/mol. The van der Waals surface area contributed by atoms with Crippen LogP contribution in [0.1, 0.15) is 29.2 Å². The molecule has 2 aromatic rings. The first kappa shape index (κ1) is 22.6. The fraction of sp³-hybridized carbons (Fsp3) is 0.500. The molecule has 2 aromatic carbocycles. The third-order valence-corrected chi connectivity index (χ3v) is 4.71. The second kappa shape index (κ2) is 12.7. The molecule has 0 aliphatic rings. The van der Waals surface area contributed by atoms with Crippen LogP contribution in [0, 0.1) is 13.8 Å². The molecular formula is C24H34O4. The van der Waals surface area contributed by atoms with E-state index in [2.05, 4.69) is 50.2 Å². The smallest absolute Gasteiger partial charge is 0.0718 e. The highest BCUT2D eigenvalue weighted by atomic mass is 16.5. The van der Waals surface area contributed by atoms with Gasteiger partial charge in [-0.1, -0.05) is 30.3 Å². The molecule has 154 valence electrons. The van der Waals surface area contributed by atoms with Gasteiger partial charge in [-0.05, 0) is 66.6 Å². The lowest BCUT2D eigenvalue weighted by Crippen LogP contribution is -2.05. The van der Waals surface area contributed by atoms with Crippen molar-refractivity contribution in [3.05, 3.63) is 58.7 Å². The van der Waals surface area contributed by atoms with E-state index >= 15 is 0 Å². The fourth-order valence-electron chi connectivity index (χ4n) is 3.05. The van der Waals surface area contributed by atoms with Gasteiger partial charge in [0.05, 0.1) is 39.6 Å². The Morgan fingerprint density at radius 3 is 1.96 bits per heavy atom. The van der Waals surface area contributed by atoms with Crippen LogP contribution in [0.25, 0.3) is 11.1 Å². The number of benzene rings is 2. The average molecular weight is 387 g/mol. The zero-order valence-corrected chi connectivity index (χ0v) is 17.8. The van der Waals surface area contributed by atoms with Gasteiger partial charge in [0.1, 0.15) is 0 Å². The standard InChI is InChI=1S/C24H34O4/c1-5-26-14-15-28-18-22-9-7-20(3)24(17-22)23-16-21(8-6-19(23)2)10-11-27-13-12-25-4/h6-9,16-17H,5,10-15,18H2,1-4H3. The van der Waals surface area contributed by atoms with Gasteiger partial charge in [0.25, 0.3) is 0 Å². The van der Waals surface area contributed by atoms with E-state index in [0.717, 1.165) is 13.0 Å². The molecule has 0 heterocycles. The molecule has 2 rings (SSSR count). The van der Waals surface area contributed by atoms with E-state index in [0.29, 0.717) is 39.6 Å². The predicted octanol–water partition coefficient (Wildman–Crippen LogP) is 4.73. The second-order valence-corrected chi connectivity index (χ2v) is 6.90. The molecule has 0 saturated heterocycles. The maximum Gasteiger partial charge on any atom is 0.0718 e. The van der Waals surface area contributed by atoms with Gasteiger partial charge in [-0.3, -0.25) is 0 Å². The Morgan fingerprint density at radius 1 is 0.679 bits per heavy atom. The Bertz CT molecular complexity index is 650. The Hall–Kier alpha value is -1.72. The summed E-state index contributed by atoms with van der Waals surface area (Å²) in [6, 6.07) is 13.2. The van der Waals surface area contributed by atoms with E-state index in [1.165, 1.54) is 33.4 Å². The summed E-state index contributed by atoms with van der Waals surface area (Å²) in [5.41, 5.74) is 7.57. The van der Waals surface area contributed by atoms with E-state index in [-0.39, 0.29) is 0 Å². The van der Waals surface area contributed by atoms with Crippen molar-refractivity contribution >= 4 is 0 Å². The van der Waals surface area contributed by atoms with Crippen molar-refractivity contribution in [1.82, 2.24) is 0 Å². The third kappa shape index (κ3) is 7.36. The Labute approximate surface area is 169 Å². The number of aryl methyl sites for hydroxylation is 2. The Morgan fingerprint density at radius 2 is 1.29 bits per heavy atom. The van der Waals surface area contributed by atoms with Gasteiger partial charge in [-0.25, -0.2) is 0 Å². The third-order valence-electron chi connectivity index (χ3n) is 4.71. The molecule has 0 radical (unpaired) electrons. The maximum atomic E-state index is 5.74. The molecule has 0 atom stereocenters. The van der Waals surface area contributed by atoms with E-state index in [4.69, 9.17) is 18.9 Å². The lowest BCUT2D eigenvalue weighted by Gasteiger charge is -2.14. The van der Waals surface area contributed by atoms with Gasteiger partial charge in [-0.2, -0.15) is 0 Å². The van der Waals surface area contributed by atoms with Crippen LogP contribution in [0.4, 0.5) is 0 Å². The van der Waals surface area contributed by atoms with Crippen LogP contribution >= 0.6 is 0 Å². The van der Waals surface area contributed by atoms with Crippen molar-refractivity contribution in [2.45, 2.75) is 33.8 Å². The Kier molecular flexibility index (Phi) is 10.2. The molecule has 0 aliphatic heterocycles. The first-order valence-electron chi connectivity index (χ1n) is 10.1. The van der Waals surface area contributed by atoms with Crippen LogP contribution in [0.15, 0.2) is 36.4 Å². The van der Waals surface area contributed by atoms with Gasteiger partial charge >= 0.3 is 0 Å². The summed E-state index contributed by atoms with van der Waals surface area (Å²) in [4.78, 5) is 0. The van der Waals surface area contributed by atoms with Crippen molar-refractivity contribution < 1.29 is 18.9 Å². The molecule has 0 unspecified atom stereocenters. The molecule has 28 heavy (non-hydrogen) atoms. The van der Waals surface area contributed by atoms with E-state index in [9.17, 15) is 0 Å². The lowest BCUT2D eigenvalue weighted by molar-refractivity contribution is 0.0453. The first-order chi connectivity index (χ1) is 13.7. The summed E-state index contributed by atoms with van der Waals surface area (Å²) in [5.74, 6) is 0. The fourth-order valence-corrected chi connectivity index (χ4v) is 3.05. The van der Waals surface area contributed by atoms with Crippen LogP contribution in [0.5, 0.6) is 0 Å². The van der Waals surface area contributed by atoms with Crippen LogP contribution < -0.4 is 0 Å². The van der Waals surface area contributed by atoms with E-state index in [1.54, 1.807) is 7.11 Å². The van der Waals surface area contributed by atoms with Crippen molar-refractivity contribution in [2.24, 2.45) is 0 Å². The summed E-state index contributed by atoms with van der Waals surface area (Å²) in [7, 11) is 1.69. The molecule has 4 nitrogen and oxygen atoms in total. The highest BCUT2D eigenvalue weighted by Gasteiger charge is 2.08. The van der Waals surface area contributed by atoms with Crippen LogP contribution in [0.3, 0.4) is 0 Å². The predicted molar refractivity (Wildman–Crippen MR) is 114 cm³/mol. The maximum absolute atomic E-state index is 5.74. The van der Waals surface area contributed by atoms with Gasteiger partial charge in [0, 0.05) is 13.7 Å². The highest BCUT2D eigenvalue weighted by molar-refractivity contribution is 5.71. The number of ether oxygens (including phenoxy) is 4. The molecule has 0 aromatic heterocycles. The highest BCUT2D eigenvalue weighted by Crippen LogP contribution is 2.29. The number of hydrogen-bond acceptors (Lipinski definition) is 4. The first-order valence-corrected chi connectivity index (χ1v) is 10.1. The van der Waals surface area contributed by atoms with Crippen LogP contribution in [-0.4, -0.2) is 46.8 Å². The molecule has 0 amide bonds. The average Bonchev–Trinajstić information content (AvgIpc) is 2.70. The molecule has 0 fully saturated rings. The summed E-state index contributed by atoms with van der Waals surface area (Å²) < 4.78 is 21.7. The van der Waals surface area contributed by atoms with Crippen molar-refractivity contribution in [2.75, 3.05) is 46.8 Å². The quantitative estimate of drug-likeness (QED) is 0.467. The lowest BCUT2D eigenvalue weighted by atomic mass is 9.93. The number of methoxy groups -OCH3 is 1. The van der Waals surface area contributed by atoms with Gasteiger partial charge in [0.2, 0.25) is 0 Å². The normalized spacial score (nSPS) is 11.1. The van der Waals surface area contributed by atoms with Crippen molar-refractivity contribution in [1.29, 1.82) is 0 Å². The minimum atomic E-state index is 0.604. The molecule has 0 N–H and O–H groups in total. The molecule has 0 bridgehead atoms. The minimum absolute atomic E-state index is 0.604. The second-order valence-electron chi connectivity index (χ2n) is 6.90. The van der Waals surface area contributed by atoms with Crippen molar-refractivity contribution in [3.8, 4) is 11.1 Å². The van der Waals surface area contributed by atoms with Crippen LogP contribution in [-0.2, 0) is 32.0 Å². The largest absolute Gasteiger partial charge is 0.382 e. The van der Waals surface area contributed by atoms with E-state index < -0.39 is 0 Å². The number of rotatable bonds is 13. The zero-order valence-electron chi connectivity index (χ0n) is 17.8. The van der Waals surface area contributed by atoms with Gasteiger partial charge < -0.3 is 18.9 Å². The molecular weight excluding hydrogens is 352 g/mol. The zero-order chi connectivity index (χ0) is 20.2. The summed E-state index contributed by atoms with van der Waals surface area (Å²) in [6.07, 6.45) is 0.899. The summed E-state index contributed by atoms with van der Waals surface area (Å²) in [5, 5.41) is 0. The topological polar surface area (TPSA) is 36.9 Å². The van der Waals surface area contributed by atoms with E-state index in [1.807, 2.05) is 6.92 Å². The molecule has 4 heteroatoms. The molecule has 0 spiro atoms. The Balaban J connectivity index is 2.05. The van der Waals surface area contributed by atoms with Gasteiger partial charge in [-0.15, -0.1) is 0 Å². The SMILES string of the molecule is CCOCCOCc1ccc(C)c(-c2cc(CCOCCOC)ccc2C)c1. The minimum Gasteiger partial charge on any atom is -0.382 e. The van der Waals surface area contributed by atoms with Crippen molar-refractivity contribution in [3.63, 3.8) is 0 Å². The molecule has 0 aliphatic carbocycles. The summed E-state index contributed by atoms with van der Waals surface area (Å²) in [6.45, 7) is 10.9. The summed E-state index contributed by atoms with van der Waals surface area (Å²) >= 11 is 0. The number of hydrogen-bond donors (Lipinski definition) is 0.